The summed E-state index contributed by atoms with van der Waals surface area (Å²) in [5.41, 5.74) is 0.783. The molecule has 15 heavy (non-hydrogen) atoms. The molecule has 1 N–H and O–H groups in total. The molecular weight excluding hydrogens is 192 g/mol. The third kappa shape index (κ3) is 2.03. The quantitative estimate of drug-likeness (QED) is 0.829. The molecule has 0 spiro atoms. The number of aromatic nitrogens is 2. The first kappa shape index (κ1) is 11.8. The van der Waals surface area contributed by atoms with Crippen molar-refractivity contribution < 1.29 is 9.90 Å². The number of carboxylic acids is 1. The van der Waals surface area contributed by atoms with E-state index in [0.29, 0.717) is 0 Å². The van der Waals surface area contributed by atoms with Crippen LogP contribution in [-0.2, 0) is 17.3 Å². The summed E-state index contributed by atoms with van der Waals surface area (Å²) in [6.07, 6.45) is 1.80. The number of hydrogen-bond acceptors (Lipinski definition) is 2. The molecule has 0 amide bonds. The molecule has 4 nitrogen and oxygen atoms in total. The van der Waals surface area contributed by atoms with Gasteiger partial charge in [0.1, 0.15) is 0 Å². The molecule has 1 aromatic heterocycles. The van der Waals surface area contributed by atoms with Crippen LogP contribution >= 0.6 is 0 Å². The molecule has 84 valence electrons. The van der Waals surface area contributed by atoms with Crippen LogP contribution in [0.1, 0.15) is 44.9 Å². The minimum absolute atomic E-state index is 0.236. The van der Waals surface area contributed by atoms with Crippen LogP contribution < -0.4 is 0 Å². The summed E-state index contributed by atoms with van der Waals surface area (Å²) in [5.74, 6) is -0.586. The van der Waals surface area contributed by atoms with Crippen LogP contribution in [-0.4, -0.2) is 20.9 Å². The van der Waals surface area contributed by atoms with Crippen molar-refractivity contribution in [3.05, 3.63) is 17.5 Å². The van der Waals surface area contributed by atoms with Crippen LogP contribution in [0, 0.1) is 0 Å². The zero-order valence-electron chi connectivity index (χ0n) is 9.90. The Labute approximate surface area is 89.9 Å². The number of carboxylic acid groups (broad SMARTS) is 1. The van der Waals surface area contributed by atoms with Gasteiger partial charge in [-0.15, -0.1) is 0 Å². The minimum atomic E-state index is -0.881. The Hall–Kier alpha value is -1.32. The second kappa shape index (κ2) is 3.68. The molecule has 0 aliphatic rings. The highest BCUT2D eigenvalue weighted by molar-refractivity contribution is 5.80. The van der Waals surface area contributed by atoms with Crippen molar-refractivity contribution in [1.29, 1.82) is 0 Å². The van der Waals surface area contributed by atoms with Crippen molar-refractivity contribution >= 4 is 5.97 Å². The topological polar surface area (TPSA) is 55.1 Å². The lowest BCUT2D eigenvalue weighted by Crippen LogP contribution is -2.29. The summed E-state index contributed by atoms with van der Waals surface area (Å²) < 4.78 is 1.68. The van der Waals surface area contributed by atoms with Crippen LogP contribution in [0.2, 0.25) is 0 Å². The molecule has 0 bridgehead atoms. The van der Waals surface area contributed by atoms with Gasteiger partial charge in [0, 0.05) is 18.8 Å². The lowest BCUT2D eigenvalue weighted by molar-refractivity contribution is -0.142. The third-order valence-corrected chi connectivity index (χ3v) is 2.61. The molecule has 0 saturated carbocycles. The molecule has 0 fully saturated rings. The molecule has 0 atom stereocenters. The number of rotatable bonds is 3. The first-order chi connectivity index (χ1) is 6.76. The average molecular weight is 210 g/mol. The molecule has 4 heteroatoms. The van der Waals surface area contributed by atoms with Gasteiger partial charge in [-0.25, -0.2) is 0 Å². The predicted molar refractivity (Wildman–Crippen MR) is 58.0 cm³/mol. The number of hydrogen-bond donors (Lipinski definition) is 1. The molecule has 1 rings (SSSR count). The Morgan fingerprint density at radius 2 is 2.07 bits per heavy atom. The third-order valence-electron chi connectivity index (χ3n) is 2.61. The van der Waals surface area contributed by atoms with Gasteiger partial charge >= 0.3 is 5.97 Å². The Morgan fingerprint density at radius 3 is 2.47 bits per heavy atom. The van der Waals surface area contributed by atoms with Gasteiger partial charge in [-0.2, -0.15) is 5.10 Å². The average Bonchev–Trinajstić information content (AvgIpc) is 2.47. The highest BCUT2D eigenvalue weighted by atomic mass is 16.4. The van der Waals surface area contributed by atoms with E-state index in [1.54, 1.807) is 24.7 Å². The maximum absolute atomic E-state index is 11.2. The summed E-state index contributed by atoms with van der Waals surface area (Å²) in [5, 5.41) is 13.5. The Bertz CT molecular complexity index is 378. The normalized spacial score (nSPS) is 12.1. The van der Waals surface area contributed by atoms with E-state index in [2.05, 4.69) is 5.10 Å². The largest absolute Gasteiger partial charge is 0.481 e. The van der Waals surface area contributed by atoms with Gasteiger partial charge in [-0.1, -0.05) is 13.8 Å². The monoisotopic (exact) mass is 210 g/mol. The van der Waals surface area contributed by atoms with Crippen molar-refractivity contribution in [1.82, 2.24) is 9.78 Å². The van der Waals surface area contributed by atoms with Crippen LogP contribution in [0.3, 0.4) is 0 Å². The van der Waals surface area contributed by atoms with Gasteiger partial charge in [0.2, 0.25) is 0 Å². The van der Waals surface area contributed by atoms with Crippen LogP contribution in [0.15, 0.2) is 6.20 Å². The Balaban J connectivity index is 3.30. The van der Waals surface area contributed by atoms with Crippen molar-refractivity contribution in [3.63, 3.8) is 0 Å². The smallest absolute Gasteiger partial charge is 0.313 e. The van der Waals surface area contributed by atoms with Gasteiger partial charge in [0.05, 0.1) is 11.1 Å². The van der Waals surface area contributed by atoms with E-state index in [9.17, 15) is 9.90 Å². The maximum Gasteiger partial charge on any atom is 0.313 e. The zero-order valence-corrected chi connectivity index (χ0v) is 9.90. The second-order valence-electron chi connectivity index (χ2n) is 4.69. The van der Waals surface area contributed by atoms with E-state index in [1.165, 1.54) is 0 Å². The van der Waals surface area contributed by atoms with E-state index in [0.717, 1.165) is 11.3 Å². The van der Waals surface area contributed by atoms with Crippen LogP contribution in [0.5, 0.6) is 0 Å². The fourth-order valence-electron chi connectivity index (χ4n) is 1.53. The molecule has 0 radical (unpaired) electrons. The van der Waals surface area contributed by atoms with E-state index >= 15 is 0 Å². The minimum Gasteiger partial charge on any atom is -0.481 e. The molecule has 0 saturated heterocycles. The standard InChI is InChI=1S/C11H18N2O2/c1-7(2)9-8(6-13(5)12-9)11(3,4)10(14)15/h6-7H,1-5H3,(H,14,15). The summed E-state index contributed by atoms with van der Waals surface area (Å²) in [6.45, 7) is 7.45. The van der Waals surface area contributed by atoms with E-state index in [1.807, 2.05) is 20.9 Å². The number of aliphatic carboxylic acids is 1. The molecule has 1 aromatic rings. The Morgan fingerprint density at radius 1 is 1.53 bits per heavy atom. The van der Waals surface area contributed by atoms with Gasteiger partial charge in [0.25, 0.3) is 0 Å². The highest BCUT2D eigenvalue weighted by Gasteiger charge is 2.34. The second-order valence-corrected chi connectivity index (χ2v) is 4.69. The first-order valence-electron chi connectivity index (χ1n) is 5.04. The highest BCUT2D eigenvalue weighted by Crippen LogP contribution is 2.29. The Kier molecular flexibility index (Phi) is 2.88. The van der Waals surface area contributed by atoms with Crippen molar-refractivity contribution in [2.24, 2.45) is 7.05 Å². The summed E-state index contributed by atoms with van der Waals surface area (Å²) in [7, 11) is 1.81. The molecule has 1 heterocycles. The number of aryl methyl sites for hydroxylation is 1. The zero-order chi connectivity index (χ0) is 11.8. The van der Waals surface area contributed by atoms with Gasteiger partial charge in [0.15, 0.2) is 0 Å². The summed E-state index contributed by atoms with van der Waals surface area (Å²) in [6, 6.07) is 0. The van der Waals surface area contributed by atoms with Crippen molar-refractivity contribution in [3.8, 4) is 0 Å². The molecular formula is C11H18N2O2. The lowest BCUT2D eigenvalue weighted by atomic mass is 9.83. The maximum atomic E-state index is 11.2. The van der Waals surface area contributed by atoms with Crippen LogP contribution in [0.25, 0.3) is 0 Å². The number of carbonyl (C=O) groups is 1. The summed E-state index contributed by atoms with van der Waals surface area (Å²) >= 11 is 0. The predicted octanol–water partition coefficient (Wildman–Crippen LogP) is 1.91. The van der Waals surface area contributed by atoms with E-state index in [-0.39, 0.29) is 5.92 Å². The molecule has 0 unspecified atom stereocenters. The SMILES string of the molecule is CC(C)c1nn(C)cc1C(C)(C)C(=O)O. The molecule has 0 aliphatic carbocycles. The molecule has 0 aromatic carbocycles. The lowest BCUT2D eigenvalue weighted by Gasteiger charge is -2.20. The van der Waals surface area contributed by atoms with Crippen molar-refractivity contribution in [2.75, 3.05) is 0 Å². The first-order valence-corrected chi connectivity index (χ1v) is 5.04. The fourth-order valence-corrected chi connectivity index (χ4v) is 1.53. The summed E-state index contributed by atoms with van der Waals surface area (Å²) in [4.78, 5) is 11.2. The van der Waals surface area contributed by atoms with Gasteiger partial charge in [-0.05, 0) is 19.8 Å². The van der Waals surface area contributed by atoms with Gasteiger partial charge in [-0.3, -0.25) is 9.48 Å². The van der Waals surface area contributed by atoms with Crippen LogP contribution in [0.4, 0.5) is 0 Å². The fraction of sp³-hybridized carbons (Fsp3) is 0.636. The molecule has 0 aliphatic heterocycles. The van der Waals surface area contributed by atoms with Gasteiger partial charge < -0.3 is 5.11 Å². The van der Waals surface area contributed by atoms with E-state index < -0.39 is 11.4 Å². The van der Waals surface area contributed by atoms with E-state index in [4.69, 9.17) is 0 Å². The number of nitrogens with zero attached hydrogens (tertiary/aromatic N) is 2. The van der Waals surface area contributed by atoms with Crippen molar-refractivity contribution in [2.45, 2.75) is 39.0 Å².